The first-order valence-corrected chi connectivity index (χ1v) is 13.6. The van der Waals surface area contributed by atoms with E-state index in [-0.39, 0.29) is 23.3 Å². The van der Waals surface area contributed by atoms with E-state index in [1.54, 1.807) is 29.1 Å². The number of nitrogens with one attached hydrogen (secondary N) is 3. The molecule has 0 aliphatic carbocycles. The van der Waals surface area contributed by atoms with Gasteiger partial charge in [-0.1, -0.05) is 18.2 Å². The Kier molecular flexibility index (Phi) is 7.23. The van der Waals surface area contributed by atoms with Crippen LogP contribution in [-0.2, 0) is 6.54 Å². The summed E-state index contributed by atoms with van der Waals surface area (Å²) in [5.74, 6) is -0.691. The van der Waals surface area contributed by atoms with Gasteiger partial charge in [0.25, 0.3) is 11.5 Å². The fourth-order valence-corrected chi connectivity index (χ4v) is 5.26. The van der Waals surface area contributed by atoms with E-state index < -0.39 is 6.17 Å². The molecule has 10 heteroatoms. The molecule has 41 heavy (non-hydrogen) atoms. The Labute approximate surface area is 235 Å². The molecule has 1 atom stereocenters. The highest BCUT2D eigenvalue weighted by Gasteiger charge is 2.19. The molecule has 210 valence electrons. The minimum absolute atomic E-state index is 0.193. The van der Waals surface area contributed by atoms with Gasteiger partial charge in [0.05, 0.1) is 34.7 Å². The molecule has 1 unspecified atom stereocenters. The van der Waals surface area contributed by atoms with Crippen LogP contribution >= 0.6 is 0 Å². The van der Waals surface area contributed by atoms with Crippen molar-refractivity contribution < 1.29 is 13.6 Å². The van der Waals surface area contributed by atoms with Crippen LogP contribution < -0.4 is 10.9 Å². The molecule has 1 aliphatic rings. The quantitative estimate of drug-likeness (QED) is 0.241. The summed E-state index contributed by atoms with van der Waals surface area (Å²) in [5.41, 5.74) is 4.40. The summed E-state index contributed by atoms with van der Waals surface area (Å²) in [7, 11) is 0. The average Bonchev–Trinajstić information content (AvgIpc) is 3.63. The first-order chi connectivity index (χ1) is 19.8. The maximum atomic E-state index is 13.5. The molecule has 0 radical (unpaired) electrons. The monoisotopic (exact) mass is 556 g/mol. The third-order valence-electron chi connectivity index (χ3n) is 7.67. The number of benzene rings is 2. The largest absolute Gasteiger partial charge is 0.354 e. The lowest BCUT2D eigenvalue weighted by Gasteiger charge is -2.28. The van der Waals surface area contributed by atoms with Gasteiger partial charge in [-0.3, -0.25) is 19.2 Å². The van der Waals surface area contributed by atoms with Crippen molar-refractivity contribution in [3.63, 3.8) is 0 Å². The van der Waals surface area contributed by atoms with E-state index in [0.717, 1.165) is 41.7 Å². The number of aromatic amines is 2. The summed E-state index contributed by atoms with van der Waals surface area (Å²) in [6, 6.07) is 15.6. The Hall–Kier alpha value is -4.57. The zero-order valence-corrected chi connectivity index (χ0v) is 22.5. The predicted molar refractivity (Wildman–Crippen MR) is 154 cm³/mol. The third kappa shape index (κ3) is 5.83. The van der Waals surface area contributed by atoms with Crippen LogP contribution in [0.15, 0.2) is 78.0 Å². The molecule has 3 aromatic heterocycles. The maximum Gasteiger partial charge on any atom is 0.258 e. The van der Waals surface area contributed by atoms with Crippen molar-refractivity contribution >= 4 is 22.5 Å². The predicted octanol–water partition coefficient (Wildman–Crippen LogP) is 5.65. The molecular formula is C31H30F2N6O2. The van der Waals surface area contributed by atoms with Gasteiger partial charge in [0.1, 0.15) is 12.0 Å². The van der Waals surface area contributed by atoms with Crippen LogP contribution in [0.1, 0.15) is 47.3 Å². The van der Waals surface area contributed by atoms with Gasteiger partial charge in [0.15, 0.2) is 0 Å². The van der Waals surface area contributed by atoms with E-state index in [0.29, 0.717) is 35.3 Å². The highest BCUT2D eigenvalue weighted by molar-refractivity contribution is 6.04. The van der Waals surface area contributed by atoms with Gasteiger partial charge in [0, 0.05) is 42.9 Å². The van der Waals surface area contributed by atoms with Gasteiger partial charge in [-0.05, 0) is 67.3 Å². The minimum Gasteiger partial charge on any atom is -0.354 e. The van der Waals surface area contributed by atoms with Gasteiger partial charge >= 0.3 is 0 Å². The van der Waals surface area contributed by atoms with E-state index in [9.17, 15) is 18.4 Å². The summed E-state index contributed by atoms with van der Waals surface area (Å²) in [6.07, 6.45) is 5.00. The van der Waals surface area contributed by atoms with Gasteiger partial charge < -0.3 is 15.3 Å². The van der Waals surface area contributed by atoms with E-state index >= 15 is 0 Å². The number of pyridine rings is 1. The molecule has 3 N–H and O–H groups in total. The molecule has 0 bridgehead atoms. The number of carbonyl (C=O) groups is 1. The number of nitrogens with zero attached hydrogens (tertiary/aromatic N) is 3. The van der Waals surface area contributed by atoms with Gasteiger partial charge in [-0.25, -0.2) is 8.78 Å². The molecule has 4 heterocycles. The van der Waals surface area contributed by atoms with E-state index in [4.69, 9.17) is 0 Å². The Morgan fingerprint density at radius 3 is 2.68 bits per heavy atom. The number of hydrogen-bond acceptors (Lipinski definition) is 4. The molecule has 6 rings (SSSR count). The number of halogens is 2. The lowest BCUT2D eigenvalue weighted by molar-refractivity contribution is 0.102. The highest BCUT2D eigenvalue weighted by Crippen LogP contribution is 2.26. The molecule has 1 aliphatic heterocycles. The summed E-state index contributed by atoms with van der Waals surface area (Å²) in [5, 5.41) is 8.10. The standard InChI is InChI=1S/C31H30F2N6O2/c1-19(21-3-5-24(32)6-4-21)39-18-23(15-35-39)30(40)36-26-14-27(31(41)34-16-26)29-13-22-12-20(2-7-28(22)37-29)17-38-10-8-25(33)9-11-38/h2-7,12-16,18-19,25,37H,8-11,17H2,1H3,(H,34,41)(H,36,40). The van der Waals surface area contributed by atoms with Crippen molar-refractivity contribution in [2.75, 3.05) is 18.4 Å². The summed E-state index contributed by atoms with van der Waals surface area (Å²) < 4.78 is 28.4. The molecular weight excluding hydrogens is 526 g/mol. The summed E-state index contributed by atoms with van der Waals surface area (Å²) in [4.78, 5) is 34.0. The third-order valence-corrected chi connectivity index (χ3v) is 7.67. The number of rotatable bonds is 7. The number of likely N-dealkylation sites (tertiary alicyclic amines) is 1. The van der Waals surface area contributed by atoms with Crippen LogP contribution in [0.3, 0.4) is 0 Å². The second-order valence-electron chi connectivity index (χ2n) is 10.6. The van der Waals surface area contributed by atoms with Crippen LogP contribution in [0.5, 0.6) is 0 Å². The number of H-pyrrole nitrogens is 2. The van der Waals surface area contributed by atoms with Crippen molar-refractivity contribution in [3.05, 3.63) is 106 Å². The molecule has 1 fully saturated rings. The SMILES string of the molecule is CC(c1ccc(F)cc1)n1cc(C(=O)Nc2c[nH]c(=O)c(-c3cc4cc(CN5CCC(F)CC5)ccc4[nH]3)c2)cn1. The fraction of sp³-hybridized carbons (Fsp3) is 0.258. The first-order valence-electron chi connectivity index (χ1n) is 13.6. The number of amides is 1. The molecule has 0 spiro atoms. The van der Waals surface area contributed by atoms with Crippen LogP contribution in [-0.4, -0.2) is 49.8 Å². The van der Waals surface area contributed by atoms with Crippen LogP contribution in [0.2, 0.25) is 0 Å². The van der Waals surface area contributed by atoms with E-state index in [1.807, 2.05) is 25.1 Å². The fourth-order valence-electron chi connectivity index (χ4n) is 5.26. The minimum atomic E-state index is -0.700. The maximum absolute atomic E-state index is 13.5. The van der Waals surface area contributed by atoms with Crippen LogP contribution in [0.4, 0.5) is 14.5 Å². The topological polar surface area (TPSA) is 98.8 Å². The van der Waals surface area contributed by atoms with Crippen LogP contribution in [0.25, 0.3) is 22.2 Å². The first kappa shape index (κ1) is 26.6. The number of alkyl halides is 1. The number of hydrogen-bond donors (Lipinski definition) is 3. The molecule has 5 aromatic rings. The van der Waals surface area contributed by atoms with Crippen molar-refractivity contribution in [3.8, 4) is 11.3 Å². The second kappa shape index (κ2) is 11.1. The molecule has 1 amide bonds. The number of carbonyl (C=O) groups excluding carboxylic acids is 1. The average molecular weight is 557 g/mol. The van der Waals surface area contributed by atoms with E-state index in [2.05, 4.69) is 31.3 Å². The normalized spacial score (nSPS) is 15.3. The second-order valence-corrected chi connectivity index (χ2v) is 10.6. The van der Waals surface area contributed by atoms with Crippen molar-refractivity contribution in [2.24, 2.45) is 0 Å². The number of piperidine rings is 1. The number of aromatic nitrogens is 4. The Morgan fingerprint density at radius 2 is 1.90 bits per heavy atom. The van der Waals surface area contributed by atoms with Gasteiger partial charge in [-0.2, -0.15) is 5.10 Å². The zero-order chi connectivity index (χ0) is 28.5. The molecule has 2 aromatic carbocycles. The highest BCUT2D eigenvalue weighted by atomic mass is 19.1. The van der Waals surface area contributed by atoms with Gasteiger partial charge in [0.2, 0.25) is 0 Å². The number of fused-ring (bicyclic) bond motifs is 1. The van der Waals surface area contributed by atoms with Gasteiger partial charge in [-0.15, -0.1) is 0 Å². The summed E-state index contributed by atoms with van der Waals surface area (Å²) in [6.45, 7) is 4.16. The lowest BCUT2D eigenvalue weighted by Crippen LogP contribution is -2.33. The Morgan fingerprint density at radius 1 is 1.12 bits per heavy atom. The molecule has 0 saturated carbocycles. The Bertz CT molecular complexity index is 1750. The lowest BCUT2D eigenvalue weighted by atomic mass is 10.1. The van der Waals surface area contributed by atoms with Crippen LogP contribution in [0, 0.1) is 5.82 Å². The molecule has 1 saturated heterocycles. The Balaban J connectivity index is 1.17. The molecule has 8 nitrogen and oxygen atoms in total. The van der Waals surface area contributed by atoms with Crippen molar-refractivity contribution in [1.82, 2.24) is 24.6 Å². The smallest absolute Gasteiger partial charge is 0.258 e. The summed E-state index contributed by atoms with van der Waals surface area (Å²) >= 11 is 0. The number of anilines is 1. The zero-order valence-electron chi connectivity index (χ0n) is 22.5. The van der Waals surface area contributed by atoms with Crippen molar-refractivity contribution in [2.45, 2.75) is 38.5 Å². The van der Waals surface area contributed by atoms with Crippen molar-refractivity contribution in [1.29, 1.82) is 0 Å². The van der Waals surface area contributed by atoms with E-state index in [1.165, 1.54) is 24.5 Å².